The summed E-state index contributed by atoms with van der Waals surface area (Å²) in [5.74, 6) is 1.24. The van der Waals surface area contributed by atoms with Gasteiger partial charge >= 0.3 is 5.97 Å². The largest absolute Gasteiger partial charge is 0.475 e. The van der Waals surface area contributed by atoms with Crippen LogP contribution in [0.4, 0.5) is 0 Å². The quantitative estimate of drug-likeness (QED) is 0.763. The van der Waals surface area contributed by atoms with Crippen molar-refractivity contribution in [2.24, 2.45) is 0 Å². The molecule has 0 saturated carbocycles. The highest BCUT2D eigenvalue weighted by Gasteiger charge is 2.13. The van der Waals surface area contributed by atoms with E-state index in [9.17, 15) is 9.00 Å². The van der Waals surface area contributed by atoms with Gasteiger partial charge in [0.15, 0.2) is 5.09 Å². The lowest BCUT2D eigenvalue weighted by molar-refractivity contribution is 0.0656. The molecule has 0 radical (unpaired) electrons. The van der Waals surface area contributed by atoms with Crippen LogP contribution in [0.25, 0.3) is 0 Å². The van der Waals surface area contributed by atoms with Crippen LogP contribution in [0.1, 0.15) is 23.9 Å². The number of carbonyl (C=O) groups is 1. The first-order valence-corrected chi connectivity index (χ1v) is 7.41. The minimum atomic E-state index is -1.23. The monoisotopic (exact) mass is 262 g/mol. The summed E-state index contributed by atoms with van der Waals surface area (Å²) in [6.07, 6.45) is 0.841. The molecule has 1 unspecified atom stereocenters. The maximum absolute atomic E-state index is 11.7. The molecule has 1 aromatic rings. The fourth-order valence-electron chi connectivity index (χ4n) is 1.09. The summed E-state index contributed by atoms with van der Waals surface area (Å²) in [5.41, 5.74) is 0. The Balaban J connectivity index is 2.43. The van der Waals surface area contributed by atoms with Gasteiger partial charge in [0.05, 0.1) is 10.8 Å². The number of furan rings is 1. The molecule has 0 aliphatic heterocycles. The third-order valence-corrected chi connectivity index (χ3v) is 4.15. The second-order valence-electron chi connectivity index (χ2n) is 3.02. The molecule has 1 N–H and O–H groups in total. The minimum absolute atomic E-state index is 0.161. The highest BCUT2D eigenvalue weighted by molar-refractivity contribution is 7.99. The number of aromatic carboxylic acids is 1. The lowest BCUT2D eigenvalue weighted by Gasteiger charge is -1.98. The smallest absolute Gasteiger partial charge is 0.371 e. The first-order valence-electron chi connectivity index (χ1n) is 4.94. The van der Waals surface area contributed by atoms with Crippen LogP contribution in [-0.4, -0.2) is 32.5 Å². The fourth-order valence-corrected chi connectivity index (χ4v) is 2.92. The van der Waals surface area contributed by atoms with Crippen molar-refractivity contribution in [3.63, 3.8) is 0 Å². The van der Waals surface area contributed by atoms with Crippen molar-refractivity contribution in [2.45, 2.75) is 18.4 Å². The van der Waals surface area contributed by atoms with Crippen LogP contribution in [0.2, 0.25) is 0 Å². The standard InChI is InChI=1S/C10H14O4S2/c1-2-15-6-3-7-16(13)9-5-4-8(14-9)10(11)12/h4-5H,2-3,6-7H2,1H3,(H,11,12). The molecule has 0 fully saturated rings. The SMILES string of the molecule is CCSCCCS(=O)c1ccc(C(=O)O)o1. The molecule has 90 valence electrons. The van der Waals surface area contributed by atoms with Gasteiger partial charge in [-0.25, -0.2) is 4.79 Å². The average molecular weight is 262 g/mol. The molecule has 1 rings (SSSR count). The van der Waals surface area contributed by atoms with Crippen molar-refractivity contribution in [1.82, 2.24) is 0 Å². The molecule has 0 aromatic carbocycles. The minimum Gasteiger partial charge on any atom is -0.475 e. The van der Waals surface area contributed by atoms with Crippen LogP contribution in [0.3, 0.4) is 0 Å². The molecule has 1 heterocycles. The van der Waals surface area contributed by atoms with Gasteiger partial charge in [-0.3, -0.25) is 4.21 Å². The first kappa shape index (κ1) is 13.3. The molecule has 4 nitrogen and oxygen atoms in total. The zero-order valence-electron chi connectivity index (χ0n) is 8.97. The third-order valence-electron chi connectivity index (χ3n) is 1.84. The summed E-state index contributed by atoms with van der Waals surface area (Å²) in [7, 11) is -1.23. The number of thioether (sulfide) groups is 1. The number of carboxylic acids is 1. The number of rotatable bonds is 7. The predicted molar refractivity (Wildman–Crippen MR) is 64.6 cm³/mol. The van der Waals surface area contributed by atoms with Gasteiger partial charge in [-0.1, -0.05) is 6.92 Å². The second-order valence-corrected chi connectivity index (χ2v) is 5.92. The molecule has 0 spiro atoms. The molecule has 16 heavy (non-hydrogen) atoms. The number of carboxylic acid groups (broad SMARTS) is 1. The lowest BCUT2D eigenvalue weighted by Crippen LogP contribution is -1.99. The Morgan fingerprint density at radius 2 is 2.31 bits per heavy atom. The van der Waals surface area contributed by atoms with Gasteiger partial charge in [-0.15, -0.1) is 0 Å². The van der Waals surface area contributed by atoms with Crippen LogP contribution in [0, 0.1) is 0 Å². The van der Waals surface area contributed by atoms with E-state index in [4.69, 9.17) is 9.52 Å². The molecule has 6 heteroatoms. The van der Waals surface area contributed by atoms with Crippen molar-refractivity contribution < 1.29 is 18.5 Å². The zero-order valence-corrected chi connectivity index (χ0v) is 10.6. The van der Waals surface area contributed by atoms with E-state index >= 15 is 0 Å². The third kappa shape index (κ3) is 4.02. The molecule has 0 aliphatic rings. The highest BCUT2D eigenvalue weighted by atomic mass is 32.2. The predicted octanol–water partition coefficient (Wildman–Crippen LogP) is 2.23. The van der Waals surface area contributed by atoms with E-state index in [1.807, 2.05) is 0 Å². The second kappa shape index (κ2) is 6.75. The molecule has 0 amide bonds. The lowest BCUT2D eigenvalue weighted by atomic mass is 10.5. The topological polar surface area (TPSA) is 67.5 Å². The van der Waals surface area contributed by atoms with Crippen LogP contribution in [-0.2, 0) is 10.8 Å². The molecular weight excluding hydrogens is 248 g/mol. The zero-order chi connectivity index (χ0) is 12.0. The van der Waals surface area contributed by atoms with Crippen LogP contribution in [0.15, 0.2) is 21.6 Å². The van der Waals surface area contributed by atoms with E-state index in [1.165, 1.54) is 12.1 Å². The average Bonchev–Trinajstić information content (AvgIpc) is 2.73. The molecule has 1 atom stereocenters. The van der Waals surface area contributed by atoms with E-state index < -0.39 is 16.8 Å². The van der Waals surface area contributed by atoms with Crippen LogP contribution < -0.4 is 0 Å². The van der Waals surface area contributed by atoms with Gasteiger partial charge in [0.2, 0.25) is 5.76 Å². The molecular formula is C10H14O4S2. The van der Waals surface area contributed by atoms with Crippen LogP contribution in [0.5, 0.6) is 0 Å². The Kier molecular flexibility index (Phi) is 5.62. The molecule has 0 bridgehead atoms. The maximum Gasteiger partial charge on any atom is 0.371 e. The van der Waals surface area contributed by atoms with Gasteiger partial charge in [-0.2, -0.15) is 11.8 Å². The van der Waals surface area contributed by atoms with Crippen molar-refractivity contribution in [3.8, 4) is 0 Å². The van der Waals surface area contributed by atoms with Gasteiger partial charge in [-0.05, 0) is 30.1 Å². The van der Waals surface area contributed by atoms with E-state index in [-0.39, 0.29) is 10.9 Å². The molecule has 1 aromatic heterocycles. The summed E-state index contributed by atoms with van der Waals surface area (Å²) in [5, 5.41) is 8.88. The number of hydrogen-bond donors (Lipinski definition) is 1. The van der Waals surface area contributed by atoms with Crippen molar-refractivity contribution >= 4 is 28.5 Å². The van der Waals surface area contributed by atoms with E-state index in [1.54, 1.807) is 11.8 Å². The highest BCUT2D eigenvalue weighted by Crippen LogP contribution is 2.13. The summed E-state index contributed by atoms with van der Waals surface area (Å²) in [6, 6.07) is 2.79. The maximum atomic E-state index is 11.7. The van der Waals surface area contributed by atoms with Gasteiger partial charge in [0.1, 0.15) is 0 Å². The van der Waals surface area contributed by atoms with E-state index in [0.29, 0.717) is 5.75 Å². The Labute approximate surface area is 101 Å². The Hall–Kier alpha value is -0.750. The van der Waals surface area contributed by atoms with Crippen molar-refractivity contribution in [1.29, 1.82) is 0 Å². The summed E-state index contributed by atoms with van der Waals surface area (Å²) < 4.78 is 16.6. The molecule has 0 saturated heterocycles. The van der Waals surface area contributed by atoms with Crippen LogP contribution >= 0.6 is 11.8 Å². The normalized spacial score (nSPS) is 12.6. The Morgan fingerprint density at radius 3 is 2.88 bits per heavy atom. The van der Waals surface area contributed by atoms with E-state index in [2.05, 4.69) is 6.92 Å². The van der Waals surface area contributed by atoms with Crippen molar-refractivity contribution in [3.05, 3.63) is 17.9 Å². The first-order chi connectivity index (χ1) is 7.65. The Morgan fingerprint density at radius 1 is 1.56 bits per heavy atom. The van der Waals surface area contributed by atoms with Gasteiger partial charge in [0.25, 0.3) is 0 Å². The number of hydrogen-bond acceptors (Lipinski definition) is 4. The Bertz CT molecular complexity index is 373. The van der Waals surface area contributed by atoms with Gasteiger partial charge in [0, 0.05) is 5.75 Å². The summed E-state index contributed by atoms with van der Waals surface area (Å²) >= 11 is 1.80. The molecule has 0 aliphatic carbocycles. The van der Waals surface area contributed by atoms with Crippen molar-refractivity contribution in [2.75, 3.05) is 17.3 Å². The summed E-state index contributed by atoms with van der Waals surface area (Å²) in [4.78, 5) is 10.5. The van der Waals surface area contributed by atoms with Gasteiger partial charge < -0.3 is 9.52 Å². The van der Waals surface area contributed by atoms with E-state index in [0.717, 1.165) is 17.9 Å². The fraction of sp³-hybridized carbons (Fsp3) is 0.500. The summed E-state index contributed by atoms with van der Waals surface area (Å²) in [6.45, 7) is 2.08.